The maximum atomic E-state index is 12.8. The first kappa shape index (κ1) is 22.4. The van der Waals surface area contributed by atoms with Gasteiger partial charge >= 0.3 is 5.97 Å². The predicted octanol–water partition coefficient (Wildman–Crippen LogP) is 4.63. The van der Waals surface area contributed by atoms with Crippen LogP contribution in [0.4, 0.5) is 0 Å². The zero-order chi connectivity index (χ0) is 22.4. The van der Waals surface area contributed by atoms with Crippen LogP contribution in [0.2, 0.25) is 0 Å². The van der Waals surface area contributed by atoms with Crippen LogP contribution in [0.5, 0.6) is 0 Å². The lowest BCUT2D eigenvalue weighted by molar-refractivity contribution is 0.0468. The van der Waals surface area contributed by atoms with Crippen molar-refractivity contribution in [2.75, 3.05) is 6.61 Å². The van der Waals surface area contributed by atoms with Crippen LogP contribution in [0.3, 0.4) is 0 Å². The Bertz CT molecular complexity index is 1160. The van der Waals surface area contributed by atoms with E-state index in [4.69, 9.17) is 4.74 Å². The van der Waals surface area contributed by atoms with Crippen LogP contribution in [0.15, 0.2) is 47.3 Å². The first-order valence-corrected chi connectivity index (χ1v) is 10.7. The average molecular weight is 421 g/mol. The van der Waals surface area contributed by atoms with E-state index in [2.05, 4.69) is 12.0 Å². The largest absolute Gasteiger partial charge is 0.452 e. The van der Waals surface area contributed by atoms with E-state index in [0.29, 0.717) is 22.9 Å². The number of aromatic nitrogens is 2. The summed E-state index contributed by atoms with van der Waals surface area (Å²) >= 11 is 0. The Morgan fingerprint density at radius 3 is 2.48 bits per heavy atom. The number of ketones is 1. The number of carbonyl (C=O) groups is 2. The third kappa shape index (κ3) is 5.26. The fraction of sp³-hybridized carbons (Fsp3) is 0.360. The molecular weight excluding hydrogens is 392 g/mol. The van der Waals surface area contributed by atoms with Gasteiger partial charge in [-0.15, -0.1) is 0 Å². The third-order valence-electron chi connectivity index (χ3n) is 5.31. The third-order valence-corrected chi connectivity index (χ3v) is 5.31. The molecule has 2 aromatic carbocycles. The molecule has 0 saturated heterocycles. The van der Waals surface area contributed by atoms with Crippen LogP contribution in [-0.4, -0.2) is 28.1 Å². The molecule has 0 aliphatic heterocycles. The Kier molecular flexibility index (Phi) is 7.34. The van der Waals surface area contributed by atoms with Gasteiger partial charge in [-0.25, -0.2) is 9.48 Å². The summed E-state index contributed by atoms with van der Waals surface area (Å²) in [5.41, 5.74) is 2.15. The lowest BCUT2D eigenvalue weighted by atomic mass is 10.0. The van der Waals surface area contributed by atoms with Crippen LogP contribution in [-0.2, 0) is 11.3 Å². The van der Waals surface area contributed by atoms with Crippen molar-refractivity contribution in [2.24, 2.45) is 0 Å². The molecule has 0 atom stereocenters. The van der Waals surface area contributed by atoms with Crippen molar-refractivity contribution in [2.45, 2.75) is 53.0 Å². The van der Waals surface area contributed by atoms with Crippen molar-refractivity contribution in [3.05, 3.63) is 75.2 Å². The topological polar surface area (TPSA) is 78.3 Å². The number of hydrogen-bond donors (Lipinski definition) is 0. The average Bonchev–Trinajstić information content (AvgIpc) is 2.78. The van der Waals surface area contributed by atoms with E-state index >= 15 is 0 Å². The normalized spacial score (nSPS) is 10.9. The minimum Gasteiger partial charge on any atom is -0.452 e. The molecule has 0 bridgehead atoms. The summed E-state index contributed by atoms with van der Waals surface area (Å²) in [6.07, 6.45) is 3.96. The van der Waals surface area contributed by atoms with E-state index < -0.39 is 5.97 Å². The molecule has 0 spiro atoms. The Labute approximate surface area is 181 Å². The summed E-state index contributed by atoms with van der Waals surface area (Å²) in [6.45, 7) is 5.92. The van der Waals surface area contributed by atoms with E-state index in [0.717, 1.165) is 36.8 Å². The second-order valence-electron chi connectivity index (χ2n) is 7.80. The maximum Gasteiger partial charge on any atom is 0.359 e. The molecule has 6 nitrogen and oxygen atoms in total. The Hall–Kier alpha value is -3.28. The lowest BCUT2D eigenvalue weighted by Gasteiger charge is -2.11. The van der Waals surface area contributed by atoms with Crippen LogP contribution >= 0.6 is 0 Å². The van der Waals surface area contributed by atoms with Gasteiger partial charge in [0.1, 0.15) is 0 Å². The highest BCUT2D eigenvalue weighted by atomic mass is 16.5. The molecule has 0 aliphatic rings. The SMILES string of the molecule is CCCCCCn1nc(C(=O)OCC(=O)c2cc(C)ccc2C)c2ccccc2c1=O. The summed E-state index contributed by atoms with van der Waals surface area (Å²) < 4.78 is 6.65. The van der Waals surface area contributed by atoms with E-state index in [-0.39, 0.29) is 23.6 Å². The summed E-state index contributed by atoms with van der Waals surface area (Å²) in [5, 5.41) is 5.15. The Morgan fingerprint density at radius 1 is 1.00 bits per heavy atom. The van der Waals surface area contributed by atoms with Crippen molar-refractivity contribution < 1.29 is 14.3 Å². The number of carbonyl (C=O) groups excluding carboxylic acids is 2. The molecule has 0 unspecified atom stereocenters. The van der Waals surface area contributed by atoms with Gasteiger partial charge < -0.3 is 4.74 Å². The first-order valence-electron chi connectivity index (χ1n) is 10.7. The highest BCUT2D eigenvalue weighted by molar-refractivity contribution is 6.04. The summed E-state index contributed by atoms with van der Waals surface area (Å²) in [5.74, 6) is -0.982. The number of aryl methyl sites for hydroxylation is 3. The van der Waals surface area contributed by atoms with E-state index in [1.165, 1.54) is 4.68 Å². The van der Waals surface area contributed by atoms with Gasteiger partial charge in [-0.05, 0) is 38.0 Å². The minimum absolute atomic E-state index is 0.0551. The Balaban J connectivity index is 1.84. The molecule has 3 aromatic rings. The fourth-order valence-corrected chi connectivity index (χ4v) is 3.54. The van der Waals surface area contributed by atoms with Gasteiger partial charge in [-0.3, -0.25) is 9.59 Å². The minimum atomic E-state index is -0.711. The molecule has 31 heavy (non-hydrogen) atoms. The van der Waals surface area contributed by atoms with Gasteiger partial charge in [-0.1, -0.05) is 62.1 Å². The molecule has 0 fully saturated rings. The van der Waals surface area contributed by atoms with E-state index in [1.807, 2.05) is 26.0 Å². The Morgan fingerprint density at radius 2 is 1.74 bits per heavy atom. The zero-order valence-electron chi connectivity index (χ0n) is 18.3. The summed E-state index contributed by atoms with van der Waals surface area (Å²) in [6, 6.07) is 12.4. The molecule has 0 amide bonds. The van der Waals surface area contributed by atoms with Gasteiger partial charge in [0.05, 0.1) is 5.39 Å². The maximum absolute atomic E-state index is 12.8. The van der Waals surface area contributed by atoms with Crippen LogP contribution < -0.4 is 5.56 Å². The van der Waals surface area contributed by atoms with Crippen molar-refractivity contribution in [1.82, 2.24) is 9.78 Å². The number of esters is 1. The number of rotatable bonds is 9. The first-order chi connectivity index (χ1) is 14.9. The number of Topliss-reactive ketones (excluding diaryl/α,β-unsaturated/α-hetero) is 1. The molecule has 1 aromatic heterocycles. The predicted molar refractivity (Wildman–Crippen MR) is 121 cm³/mol. The molecule has 6 heteroatoms. The summed E-state index contributed by atoms with van der Waals surface area (Å²) in [4.78, 5) is 38.2. The number of unbranched alkanes of at least 4 members (excludes halogenated alkanes) is 3. The summed E-state index contributed by atoms with van der Waals surface area (Å²) in [7, 11) is 0. The van der Waals surface area contributed by atoms with Gasteiger partial charge in [-0.2, -0.15) is 5.10 Å². The number of nitrogens with zero attached hydrogens (tertiary/aromatic N) is 2. The van der Waals surface area contributed by atoms with Crippen molar-refractivity contribution in [3.8, 4) is 0 Å². The van der Waals surface area contributed by atoms with Gasteiger partial charge in [0.2, 0.25) is 5.78 Å². The molecule has 1 heterocycles. The number of hydrogen-bond acceptors (Lipinski definition) is 5. The van der Waals surface area contributed by atoms with Crippen molar-refractivity contribution in [3.63, 3.8) is 0 Å². The van der Waals surface area contributed by atoms with Crippen LogP contribution in [0.25, 0.3) is 10.8 Å². The number of ether oxygens (including phenoxy) is 1. The molecule has 0 aliphatic carbocycles. The highest BCUT2D eigenvalue weighted by Crippen LogP contribution is 2.16. The highest BCUT2D eigenvalue weighted by Gasteiger charge is 2.20. The quantitative estimate of drug-likeness (QED) is 0.286. The van der Waals surface area contributed by atoms with Crippen LogP contribution in [0.1, 0.15) is 64.6 Å². The molecule has 0 N–H and O–H groups in total. The molecule has 3 rings (SSSR count). The molecule has 162 valence electrons. The van der Waals surface area contributed by atoms with Gasteiger partial charge in [0.15, 0.2) is 12.3 Å². The lowest BCUT2D eigenvalue weighted by Crippen LogP contribution is -2.27. The second kappa shape index (κ2) is 10.2. The van der Waals surface area contributed by atoms with Crippen molar-refractivity contribution >= 4 is 22.5 Å². The van der Waals surface area contributed by atoms with Gasteiger partial charge in [0.25, 0.3) is 5.56 Å². The van der Waals surface area contributed by atoms with Gasteiger partial charge in [0, 0.05) is 17.5 Å². The molecule has 0 saturated carbocycles. The zero-order valence-corrected chi connectivity index (χ0v) is 18.3. The van der Waals surface area contributed by atoms with Crippen LogP contribution in [0, 0.1) is 13.8 Å². The molecular formula is C25H28N2O4. The van der Waals surface area contributed by atoms with E-state index in [9.17, 15) is 14.4 Å². The fourth-order valence-electron chi connectivity index (χ4n) is 3.54. The molecule has 0 radical (unpaired) electrons. The standard InChI is InChI=1S/C25H28N2O4/c1-4-5-6-9-14-27-24(29)20-11-8-7-10-19(20)23(26-27)25(30)31-16-22(28)21-15-17(2)12-13-18(21)3/h7-8,10-13,15H,4-6,9,14,16H2,1-3H3. The number of fused-ring (bicyclic) bond motifs is 1. The number of benzene rings is 2. The van der Waals surface area contributed by atoms with Crippen molar-refractivity contribution in [1.29, 1.82) is 0 Å². The second-order valence-corrected chi connectivity index (χ2v) is 7.80. The smallest absolute Gasteiger partial charge is 0.359 e. The van der Waals surface area contributed by atoms with E-state index in [1.54, 1.807) is 30.3 Å². The monoisotopic (exact) mass is 420 g/mol.